The fraction of sp³-hybridized carbons (Fsp3) is 0.0417. The molecule has 0 fully saturated rings. The van der Waals surface area contributed by atoms with Crippen molar-refractivity contribution in [3.05, 3.63) is 108 Å². The van der Waals surface area contributed by atoms with E-state index in [2.05, 4.69) is 16.6 Å². The molecular formula is C24H19FN2O. The molecule has 0 unspecified atom stereocenters. The van der Waals surface area contributed by atoms with Crippen LogP contribution in [0.1, 0.15) is 11.1 Å². The normalized spacial score (nSPS) is 11.0. The van der Waals surface area contributed by atoms with Gasteiger partial charge >= 0.3 is 0 Å². The highest BCUT2D eigenvalue weighted by molar-refractivity contribution is 6.02. The lowest BCUT2D eigenvalue weighted by Gasteiger charge is -2.12. The number of hydrogen-bond acceptors (Lipinski definition) is 3. The number of anilines is 1. The van der Waals surface area contributed by atoms with Gasteiger partial charge < -0.3 is 4.74 Å². The predicted molar refractivity (Wildman–Crippen MR) is 112 cm³/mol. The highest BCUT2D eigenvalue weighted by atomic mass is 19.1. The van der Waals surface area contributed by atoms with E-state index in [0.717, 1.165) is 33.3 Å². The summed E-state index contributed by atoms with van der Waals surface area (Å²) in [5.74, 6) is 0.468. The zero-order valence-corrected chi connectivity index (χ0v) is 15.2. The summed E-state index contributed by atoms with van der Waals surface area (Å²) in [7, 11) is 0. The molecule has 0 bridgehead atoms. The second kappa shape index (κ2) is 8.35. The van der Waals surface area contributed by atoms with Gasteiger partial charge in [-0.3, -0.25) is 5.43 Å². The highest BCUT2D eigenvalue weighted by Crippen LogP contribution is 2.27. The molecule has 0 saturated heterocycles. The maximum atomic E-state index is 13.1. The zero-order valence-electron chi connectivity index (χ0n) is 15.2. The van der Waals surface area contributed by atoms with Gasteiger partial charge in [-0.2, -0.15) is 5.10 Å². The largest absolute Gasteiger partial charge is 0.488 e. The van der Waals surface area contributed by atoms with Gasteiger partial charge in [-0.05, 0) is 46.7 Å². The Kier molecular flexibility index (Phi) is 5.29. The summed E-state index contributed by atoms with van der Waals surface area (Å²) < 4.78 is 19.1. The molecule has 0 spiro atoms. The van der Waals surface area contributed by atoms with Gasteiger partial charge in [0.15, 0.2) is 0 Å². The van der Waals surface area contributed by atoms with Crippen LogP contribution in [0.4, 0.5) is 10.1 Å². The van der Waals surface area contributed by atoms with Crippen LogP contribution in [0.15, 0.2) is 96.1 Å². The molecule has 4 aromatic carbocycles. The van der Waals surface area contributed by atoms with Crippen LogP contribution < -0.4 is 10.2 Å². The van der Waals surface area contributed by atoms with Gasteiger partial charge in [-0.15, -0.1) is 0 Å². The molecule has 4 rings (SSSR count). The number of halogens is 1. The molecule has 3 nitrogen and oxygen atoms in total. The first-order valence-electron chi connectivity index (χ1n) is 9.03. The molecule has 4 aromatic rings. The Labute approximate surface area is 163 Å². The Morgan fingerprint density at radius 3 is 2.39 bits per heavy atom. The van der Waals surface area contributed by atoms with Gasteiger partial charge in [0.2, 0.25) is 0 Å². The third-order valence-corrected chi connectivity index (χ3v) is 4.40. The summed E-state index contributed by atoms with van der Waals surface area (Å²) in [6.45, 7) is 0.353. The number of rotatable bonds is 6. The summed E-state index contributed by atoms with van der Waals surface area (Å²) in [5, 5.41) is 6.55. The van der Waals surface area contributed by atoms with Crippen molar-refractivity contribution in [2.24, 2.45) is 5.10 Å². The van der Waals surface area contributed by atoms with Crippen molar-refractivity contribution in [2.75, 3.05) is 5.43 Å². The first kappa shape index (κ1) is 17.7. The van der Waals surface area contributed by atoms with Gasteiger partial charge in [-0.1, -0.05) is 60.7 Å². The number of nitrogens with one attached hydrogen (secondary N) is 1. The number of benzene rings is 4. The number of ether oxygens (including phenoxy) is 1. The van der Waals surface area contributed by atoms with E-state index in [-0.39, 0.29) is 5.82 Å². The van der Waals surface area contributed by atoms with Crippen LogP contribution in [0.3, 0.4) is 0 Å². The molecule has 0 aromatic heterocycles. The van der Waals surface area contributed by atoms with E-state index in [9.17, 15) is 4.39 Å². The van der Waals surface area contributed by atoms with Gasteiger partial charge in [0, 0.05) is 5.56 Å². The predicted octanol–water partition coefficient (Wildman–Crippen LogP) is 6.00. The van der Waals surface area contributed by atoms with E-state index < -0.39 is 0 Å². The lowest BCUT2D eigenvalue weighted by atomic mass is 10.0. The third kappa shape index (κ3) is 4.18. The number of nitrogens with zero attached hydrogens (tertiary/aromatic N) is 1. The fourth-order valence-electron chi connectivity index (χ4n) is 2.96. The monoisotopic (exact) mass is 370 g/mol. The average Bonchev–Trinajstić information content (AvgIpc) is 2.75. The van der Waals surface area contributed by atoms with Crippen LogP contribution in [-0.2, 0) is 6.61 Å². The minimum absolute atomic E-state index is 0.255. The summed E-state index contributed by atoms with van der Waals surface area (Å²) in [5.41, 5.74) is 5.74. The summed E-state index contributed by atoms with van der Waals surface area (Å²) in [4.78, 5) is 0. The first-order valence-corrected chi connectivity index (χ1v) is 9.03. The number of para-hydroxylation sites is 1. The smallest absolute Gasteiger partial charge is 0.129 e. The molecule has 0 radical (unpaired) electrons. The van der Waals surface area contributed by atoms with E-state index in [1.165, 1.54) is 12.1 Å². The summed E-state index contributed by atoms with van der Waals surface area (Å²) >= 11 is 0. The van der Waals surface area contributed by atoms with Crippen molar-refractivity contribution in [2.45, 2.75) is 6.61 Å². The number of hydrazone groups is 1. The molecule has 0 atom stereocenters. The van der Waals surface area contributed by atoms with Crippen molar-refractivity contribution in [3.8, 4) is 5.75 Å². The van der Waals surface area contributed by atoms with E-state index in [4.69, 9.17) is 4.74 Å². The maximum absolute atomic E-state index is 13.1. The maximum Gasteiger partial charge on any atom is 0.129 e. The third-order valence-electron chi connectivity index (χ3n) is 4.40. The van der Waals surface area contributed by atoms with Gasteiger partial charge in [0.1, 0.15) is 18.2 Å². The molecule has 0 heterocycles. The second-order valence-corrected chi connectivity index (χ2v) is 6.35. The molecular weight excluding hydrogens is 351 g/mol. The van der Waals surface area contributed by atoms with Crippen molar-refractivity contribution in [1.82, 2.24) is 0 Å². The molecule has 0 aliphatic carbocycles. The lowest BCUT2D eigenvalue weighted by molar-refractivity contribution is 0.306. The van der Waals surface area contributed by atoms with Crippen LogP contribution in [0.2, 0.25) is 0 Å². The van der Waals surface area contributed by atoms with Crippen LogP contribution in [0, 0.1) is 5.82 Å². The van der Waals surface area contributed by atoms with Crippen molar-refractivity contribution in [1.29, 1.82) is 0 Å². The molecule has 138 valence electrons. The Morgan fingerprint density at radius 2 is 1.57 bits per heavy atom. The Morgan fingerprint density at radius 1 is 0.821 bits per heavy atom. The number of fused-ring (bicyclic) bond motifs is 1. The second-order valence-electron chi connectivity index (χ2n) is 6.35. The van der Waals surface area contributed by atoms with E-state index in [0.29, 0.717) is 6.61 Å². The van der Waals surface area contributed by atoms with Crippen LogP contribution in [-0.4, -0.2) is 6.21 Å². The Balaban J connectivity index is 1.61. The first-order chi connectivity index (χ1) is 13.8. The minimum Gasteiger partial charge on any atom is -0.488 e. The average molecular weight is 370 g/mol. The highest BCUT2D eigenvalue weighted by Gasteiger charge is 2.08. The molecule has 0 saturated carbocycles. The molecule has 0 amide bonds. The Bertz CT molecular complexity index is 1090. The fourth-order valence-corrected chi connectivity index (χ4v) is 2.96. The quantitative estimate of drug-likeness (QED) is 0.333. The van der Waals surface area contributed by atoms with Crippen molar-refractivity contribution in [3.63, 3.8) is 0 Å². The summed E-state index contributed by atoms with van der Waals surface area (Å²) in [6, 6.07) is 28.1. The molecule has 4 heteroatoms. The zero-order chi connectivity index (χ0) is 19.2. The van der Waals surface area contributed by atoms with E-state index in [1.807, 2.05) is 60.7 Å². The standard InChI is InChI=1S/C24H19FN2O/c25-20-13-10-18(11-14-20)17-28-24-15-12-19-6-4-5-9-22(19)23(24)16-26-27-21-7-2-1-3-8-21/h1-16,27H,17H2. The van der Waals surface area contributed by atoms with Crippen LogP contribution in [0.5, 0.6) is 5.75 Å². The van der Waals surface area contributed by atoms with Gasteiger partial charge in [0.05, 0.1) is 11.9 Å². The minimum atomic E-state index is -0.255. The molecule has 28 heavy (non-hydrogen) atoms. The number of hydrogen-bond donors (Lipinski definition) is 1. The van der Waals surface area contributed by atoms with E-state index in [1.54, 1.807) is 18.3 Å². The van der Waals surface area contributed by atoms with Crippen molar-refractivity contribution >= 4 is 22.7 Å². The van der Waals surface area contributed by atoms with Gasteiger partial charge in [-0.25, -0.2) is 4.39 Å². The van der Waals surface area contributed by atoms with E-state index >= 15 is 0 Å². The van der Waals surface area contributed by atoms with Crippen molar-refractivity contribution < 1.29 is 9.13 Å². The lowest BCUT2D eigenvalue weighted by Crippen LogP contribution is -2.00. The Hall–Kier alpha value is -3.66. The SMILES string of the molecule is Fc1ccc(COc2ccc3ccccc3c2C=NNc2ccccc2)cc1. The topological polar surface area (TPSA) is 33.6 Å². The molecule has 1 N–H and O–H groups in total. The van der Waals surface area contributed by atoms with Gasteiger partial charge in [0.25, 0.3) is 0 Å². The molecule has 0 aliphatic rings. The molecule has 0 aliphatic heterocycles. The summed E-state index contributed by atoms with van der Waals surface area (Å²) in [6.07, 6.45) is 1.77. The van der Waals surface area contributed by atoms with Crippen LogP contribution in [0.25, 0.3) is 10.8 Å². The van der Waals surface area contributed by atoms with Crippen LogP contribution >= 0.6 is 0 Å².